The fourth-order valence-corrected chi connectivity index (χ4v) is 1.48. The lowest BCUT2D eigenvalue weighted by Crippen LogP contribution is -2.42. The number of nitrogens with one attached hydrogen (secondary N) is 1. The van der Waals surface area contributed by atoms with Crippen molar-refractivity contribution < 1.29 is 14.3 Å². The lowest BCUT2D eigenvalue weighted by atomic mass is 10.4. The molecule has 0 unspecified atom stereocenters. The molecule has 0 aliphatic carbocycles. The number of nitrogens with zero attached hydrogens (tertiary/aromatic N) is 1. The van der Waals surface area contributed by atoms with Gasteiger partial charge in [0.2, 0.25) is 5.91 Å². The molecule has 6 nitrogen and oxygen atoms in total. The van der Waals surface area contributed by atoms with E-state index in [1.54, 1.807) is 0 Å². The van der Waals surface area contributed by atoms with Crippen LogP contribution in [-0.2, 0) is 14.3 Å². The van der Waals surface area contributed by atoms with Crippen molar-refractivity contribution >= 4 is 5.91 Å². The molecule has 0 atom stereocenters. The Labute approximate surface area is 96.1 Å². The number of hydrogen-bond acceptors (Lipinski definition) is 5. The van der Waals surface area contributed by atoms with Gasteiger partial charge in [-0.3, -0.25) is 9.69 Å². The summed E-state index contributed by atoms with van der Waals surface area (Å²) in [7, 11) is 0. The maximum Gasteiger partial charge on any atom is 0.246 e. The smallest absolute Gasteiger partial charge is 0.246 e. The molecule has 1 fully saturated rings. The molecule has 16 heavy (non-hydrogen) atoms. The third kappa shape index (κ3) is 6.02. The monoisotopic (exact) mass is 231 g/mol. The maximum absolute atomic E-state index is 11.2. The van der Waals surface area contributed by atoms with E-state index < -0.39 is 0 Å². The van der Waals surface area contributed by atoms with Crippen LogP contribution < -0.4 is 11.1 Å². The highest BCUT2D eigenvalue weighted by molar-refractivity contribution is 5.77. The lowest BCUT2D eigenvalue weighted by Gasteiger charge is -2.26. The lowest BCUT2D eigenvalue weighted by molar-refractivity contribution is -0.125. The van der Waals surface area contributed by atoms with E-state index in [1.165, 1.54) is 0 Å². The third-order valence-corrected chi connectivity index (χ3v) is 2.35. The van der Waals surface area contributed by atoms with Crippen LogP contribution in [0.25, 0.3) is 0 Å². The number of carbonyl (C=O) groups is 1. The maximum atomic E-state index is 11.2. The first kappa shape index (κ1) is 13.4. The highest BCUT2D eigenvalue weighted by Gasteiger charge is 2.09. The number of rotatable bonds is 7. The van der Waals surface area contributed by atoms with Crippen LogP contribution in [0.15, 0.2) is 0 Å². The van der Waals surface area contributed by atoms with Crippen molar-refractivity contribution in [2.45, 2.75) is 0 Å². The SMILES string of the molecule is NCCOCC(=O)NCCN1CCOCC1. The average molecular weight is 231 g/mol. The van der Waals surface area contributed by atoms with Crippen molar-refractivity contribution in [3.05, 3.63) is 0 Å². The average Bonchev–Trinajstić information content (AvgIpc) is 2.31. The Morgan fingerprint density at radius 1 is 1.44 bits per heavy atom. The quantitative estimate of drug-likeness (QED) is 0.517. The zero-order chi connectivity index (χ0) is 11.6. The van der Waals surface area contributed by atoms with E-state index in [1.807, 2.05) is 0 Å². The van der Waals surface area contributed by atoms with Gasteiger partial charge in [-0.25, -0.2) is 0 Å². The van der Waals surface area contributed by atoms with Crippen LogP contribution in [0.3, 0.4) is 0 Å². The molecular weight excluding hydrogens is 210 g/mol. The van der Waals surface area contributed by atoms with Gasteiger partial charge in [-0.1, -0.05) is 0 Å². The first-order valence-corrected chi connectivity index (χ1v) is 5.67. The summed E-state index contributed by atoms with van der Waals surface area (Å²) in [5.41, 5.74) is 5.24. The fourth-order valence-electron chi connectivity index (χ4n) is 1.48. The molecule has 0 bridgehead atoms. The summed E-state index contributed by atoms with van der Waals surface area (Å²) in [5.74, 6) is -0.0818. The molecule has 1 saturated heterocycles. The van der Waals surface area contributed by atoms with Gasteiger partial charge in [0.05, 0.1) is 19.8 Å². The molecule has 0 spiro atoms. The van der Waals surface area contributed by atoms with Gasteiger partial charge in [-0.15, -0.1) is 0 Å². The van der Waals surface area contributed by atoms with Crippen molar-refractivity contribution in [1.29, 1.82) is 0 Å². The Morgan fingerprint density at radius 2 is 2.19 bits per heavy atom. The van der Waals surface area contributed by atoms with E-state index in [2.05, 4.69) is 10.2 Å². The van der Waals surface area contributed by atoms with E-state index in [-0.39, 0.29) is 12.5 Å². The number of amides is 1. The van der Waals surface area contributed by atoms with Crippen LogP contribution >= 0.6 is 0 Å². The molecule has 1 rings (SSSR count). The molecule has 0 radical (unpaired) electrons. The fraction of sp³-hybridized carbons (Fsp3) is 0.900. The van der Waals surface area contributed by atoms with Gasteiger partial charge in [-0.05, 0) is 0 Å². The summed E-state index contributed by atoms with van der Waals surface area (Å²) in [5, 5.41) is 2.80. The molecule has 1 heterocycles. The minimum Gasteiger partial charge on any atom is -0.379 e. The Hall–Kier alpha value is -0.690. The van der Waals surface area contributed by atoms with Gasteiger partial charge in [0.15, 0.2) is 0 Å². The number of nitrogens with two attached hydrogens (primary N) is 1. The minimum absolute atomic E-state index is 0.0818. The first-order valence-electron chi connectivity index (χ1n) is 5.67. The third-order valence-electron chi connectivity index (χ3n) is 2.35. The second kappa shape index (κ2) is 8.46. The first-order chi connectivity index (χ1) is 7.83. The van der Waals surface area contributed by atoms with Gasteiger partial charge < -0.3 is 20.5 Å². The second-order valence-corrected chi connectivity index (χ2v) is 3.65. The van der Waals surface area contributed by atoms with Crippen LogP contribution in [0.4, 0.5) is 0 Å². The molecule has 94 valence electrons. The summed E-state index contributed by atoms with van der Waals surface area (Å²) in [6, 6.07) is 0. The Kier molecular flexibility index (Phi) is 7.07. The van der Waals surface area contributed by atoms with Crippen molar-refractivity contribution in [2.75, 3.05) is 59.2 Å². The minimum atomic E-state index is -0.0818. The predicted molar refractivity (Wildman–Crippen MR) is 60.1 cm³/mol. The van der Waals surface area contributed by atoms with E-state index in [0.29, 0.717) is 19.7 Å². The number of morpholine rings is 1. The molecule has 0 aromatic rings. The van der Waals surface area contributed by atoms with Crippen LogP contribution in [0, 0.1) is 0 Å². The van der Waals surface area contributed by atoms with Crippen LogP contribution in [-0.4, -0.2) is 70.0 Å². The number of hydrogen-bond donors (Lipinski definition) is 2. The van der Waals surface area contributed by atoms with Crippen molar-refractivity contribution in [3.8, 4) is 0 Å². The summed E-state index contributed by atoms with van der Waals surface area (Å²) < 4.78 is 10.2. The second-order valence-electron chi connectivity index (χ2n) is 3.65. The highest BCUT2D eigenvalue weighted by Crippen LogP contribution is 1.94. The molecule has 0 aromatic heterocycles. The predicted octanol–water partition coefficient (Wildman–Crippen LogP) is -1.59. The molecular formula is C10H21N3O3. The molecule has 0 aromatic carbocycles. The zero-order valence-corrected chi connectivity index (χ0v) is 9.61. The van der Waals surface area contributed by atoms with E-state index in [0.717, 1.165) is 32.8 Å². The van der Waals surface area contributed by atoms with Crippen molar-refractivity contribution in [3.63, 3.8) is 0 Å². The van der Waals surface area contributed by atoms with Gasteiger partial charge in [0.1, 0.15) is 6.61 Å². The molecule has 1 aliphatic rings. The van der Waals surface area contributed by atoms with Crippen LogP contribution in [0.5, 0.6) is 0 Å². The molecule has 1 amide bonds. The van der Waals surface area contributed by atoms with Gasteiger partial charge in [-0.2, -0.15) is 0 Å². The number of ether oxygens (including phenoxy) is 2. The molecule has 1 aliphatic heterocycles. The van der Waals surface area contributed by atoms with E-state index >= 15 is 0 Å². The summed E-state index contributed by atoms with van der Waals surface area (Å²) >= 11 is 0. The van der Waals surface area contributed by atoms with Crippen LogP contribution in [0.1, 0.15) is 0 Å². The van der Waals surface area contributed by atoms with E-state index in [4.69, 9.17) is 15.2 Å². The summed E-state index contributed by atoms with van der Waals surface area (Å²) in [4.78, 5) is 13.5. The largest absolute Gasteiger partial charge is 0.379 e. The number of carbonyl (C=O) groups excluding carboxylic acids is 1. The summed E-state index contributed by atoms with van der Waals surface area (Å²) in [6.07, 6.45) is 0. The topological polar surface area (TPSA) is 76.8 Å². The standard InChI is InChI=1S/C10H21N3O3/c11-1-6-16-9-10(14)12-2-3-13-4-7-15-8-5-13/h1-9,11H2,(H,12,14). The van der Waals surface area contributed by atoms with Crippen molar-refractivity contribution in [1.82, 2.24) is 10.2 Å². The van der Waals surface area contributed by atoms with Gasteiger partial charge in [0.25, 0.3) is 0 Å². The Morgan fingerprint density at radius 3 is 2.88 bits per heavy atom. The summed E-state index contributed by atoms with van der Waals surface area (Å²) in [6.45, 7) is 5.95. The highest BCUT2D eigenvalue weighted by atomic mass is 16.5. The van der Waals surface area contributed by atoms with Crippen molar-refractivity contribution in [2.24, 2.45) is 5.73 Å². The Bertz CT molecular complexity index is 196. The molecule has 6 heteroatoms. The van der Waals surface area contributed by atoms with Crippen LogP contribution in [0.2, 0.25) is 0 Å². The normalized spacial score (nSPS) is 17.3. The van der Waals surface area contributed by atoms with E-state index in [9.17, 15) is 4.79 Å². The molecule has 0 saturated carbocycles. The Balaban J connectivity index is 1.94. The van der Waals surface area contributed by atoms with Gasteiger partial charge in [0, 0.05) is 32.7 Å². The van der Waals surface area contributed by atoms with Gasteiger partial charge >= 0.3 is 0 Å². The zero-order valence-electron chi connectivity index (χ0n) is 9.61. The molecule has 3 N–H and O–H groups in total.